The van der Waals surface area contributed by atoms with Gasteiger partial charge in [0.2, 0.25) is 0 Å². The summed E-state index contributed by atoms with van der Waals surface area (Å²) in [6.45, 7) is 2.15. The van der Waals surface area contributed by atoms with Gasteiger partial charge in [-0.3, -0.25) is 0 Å². The van der Waals surface area contributed by atoms with E-state index in [4.69, 9.17) is 28.9 Å². The standard InChI is InChI=1S/C14H17Cl2N3/c1-2-11(19-6-5-18-9-19)8-14(17)10-3-4-12(15)13(16)7-10/h3-7,9,11,14H,2,8,17H2,1H3. The number of halogens is 2. The van der Waals surface area contributed by atoms with Gasteiger partial charge >= 0.3 is 0 Å². The molecular formula is C14H17Cl2N3. The predicted molar refractivity (Wildman–Crippen MR) is 79.6 cm³/mol. The molecule has 0 amide bonds. The summed E-state index contributed by atoms with van der Waals surface area (Å²) in [6.07, 6.45) is 7.43. The molecule has 5 heteroatoms. The highest BCUT2D eigenvalue weighted by Crippen LogP contribution is 2.29. The number of rotatable bonds is 5. The SMILES string of the molecule is CCC(CC(N)c1ccc(Cl)c(Cl)c1)n1ccnc1. The Balaban J connectivity index is 2.11. The van der Waals surface area contributed by atoms with Crippen LogP contribution in [0.5, 0.6) is 0 Å². The molecule has 0 saturated carbocycles. The van der Waals surface area contributed by atoms with E-state index in [-0.39, 0.29) is 6.04 Å². The topological polar surface area (TPSA) is 43.8 Å². The molecule has 2 rings (SSSR count). The molecule has 2 N–H and O–H groups in total. The summed E-state index contributed by atoms with van der Waals surface area (Å²) in [6, 6.07) is 5.83. The highest BCUT2D eigenvalue weighted by atomic mass is 35.5. The minimum Gasteiger partial charge on any atom is -0.334 e. The molecule has 2 atom stereocenters. The van der Waals surface area contributed by atoms with Crippen molar-refractivity contribution in [1.29, 1.82) is 0 Å². The van der Waals surface area contributed by atoms with Crippen molar-refractivity contribution >= 4 is 23.2 Å². The smallest absolute Gasteiger partial charge is 0.0948 e. The number of hydrogen-bond acceptors (Lipinski definition) is 2. The van der Waals surface area contributed by atoms with Crippen LogP contribution >= 0.6 is 23.2 Å². The lowest BCUT2D eigenvalue weighted by Gasteiger charge is -2.21. The first-order valence-corrected chi connectivity index (χ1v) is 7.05. The second-order valence-electron chi connectivity index (χ2n) is 4.59. The second-order valence-corrected chi connectivity index (χ2v) is 5.40. The minimum absolute atomic E-state index is 0.0675. The lowest BCUT2D eigenvalue weighted by atomic mass is 9.98. The average Bonchev–Trinajstić information content (AvgIpc) is 2.92. The van der Waals surface area contributed by atoms with Gasteiger partial charge in [0.1, 0.15) is 0 Å². The molecule has 1 heterocycles. The predicted octanol–water partition coefficient (Wildman–Crippen LogP) is 4.23. The van der Waals surface area contributed by atoms with Crippen molar-refractivity contribution in [2.45, 2.75) is 31.8 Å². The van der Waals surface area contributed by atoms with Crippen molar-refractivity contribution in [3.8, 4) is 0 Å². The van der Waals surface area contributed by atoms with Crippen molar-refractivity contribution in [2.24, 2.45) is 5.73 Å². The lowest BCUT2D eigenvalue weighted by Crippen LogP contribution is -2.17. The lowest BCUT2D eigenvalue weighted by molar-refractivity contribution is 0.414. The zero-order chi connectivity index (χ0) is 13.8. The molecule has 0 spiro atoms. The van der Waals surface area contributed by atoms with Gasteiger partial charge in [0.15, 0.2) is 0 Å². The zero-order valence-corrected chi connectivity index (χ0v) is 12.3. The van der Waals surface area contributed by atoms with Gasteiger partial charge in [0, 0.05) is 24.5 Å². The fourth-order valence-corrected chi connectivity index (χ4v) is 2.46. The van der Waals surface area contributed by atoms with Gasteiger partial charge in [0.25, 0.3) is 0 Å². The number of aromatic nitrogens is 2. The van der Waals surface area contributed by atoms with Crippen molar-refractivity contribution in [3.63, 3.8) is 0 Å². The Morgan fingerprint density at radius 2 is 2.11 bits per heavy atom. The molecule has 2 unspecified atom stereocenters. The van der Waals surface area contributed by atoms with E-state index in [0.29, 0.717) is 16.1 Å². The Hall–Kier alpha value is -1.03. The fraction of sp³-hybridized carbons (Fsp3) is 0.357. The van der Waals surface area contributed by atoms with Crippen LogP contribution in [0.1, 0.15) is 37.4 Å². The van der Waals surface area contributed by atoms with Gasteiger partial charge in [0.05, 0.1) is 16.4 Å². The third kappa shape index (κ3) is 3.50. The molecular weight excluding hydrogens is 281 g/mol. The summed E-state index contributed by atoms with van der Waals surface area (Å²) in [5, 5.41) is 1.10. The summed E-state index contributed by atoms with van der Waals surface area (Å²) in [5.74, 6) is 0. The summed E-state index contributed by atoms with van der Waals surface area (Å²) < 4.78 is 2.09. The Bertz CT molecular complexity index is 525. The van der Waals surface area contributed by atoms with E-state index >= 15 is 0 Å². The van der Waals surface area contributed by atoms with Gasteiger partial charge < -0.3 is 10.3 Å². The van der Waals surface area contributed by atoms with E-state index in [2.05, 4.69) is 16.5 Å². The summed E-state index contributed by atoms with van der Waals surface area (Å²) in [7, 11) is 0. The van der Waals surface area contributed by atoms with Gasteiger partial charge in [-0.05, 0) is 30.5 Å². The van der Waals surface area contributed by atoms with E-state index in [1.165, 1.54) is 0 Å². The van der Waals surface area contributed by atoms with E-state index in [1.807, 2.05) is 24.7 Å². The average molecular weight is 298 g/mol. The molecule has 1 aromatic heterocycles. The Morgan fingerprint density at radius 3 is 2.68 bits per heavy atom. The van der Waals surface area contributed by atoms with Crippen molar-refractivity contribution < 1.29 is 0 Å². The molecule has 19 heavy (non-hydrogen) atoms. The quantitative estimate of drug-likeness (QED) is 0.897. The van der Waals surface area contributed by atoms with E-state index in [0.717, 1.165) is 18.4 Å². The van der Waals surface area contributed by atoms with Gasteiger partial charge in [-0.1, -0.05) is 36.2 Å². The minimum atomic E-state index is -0.0675. The number of nitrogens with zero attached hydrogens (tertiary/aromatic N) is 2. The normalized spacial score (nSPS) is 14.3. The number of imidazole rings is 1. The molecule has 102 valence electrons. The van der Waals surface area contributed by atoms with Crippen molar-refractivity contribution in [2.75, 3.05) is 0 Å². The van der Waals surface area contributed by atoms with Crippen LogP contribution in [0, 0.1) is 0 Å². The summed E-state index contributed by atoms with van der Waals surface area (Å²) in [5.41, 5.74) is 7.27. The molecule has 0 radical (unpaired) electrons. The number of nitrogens with two attached hydrogens (primary N) is 1. The van der Waals surface area contributed by atoms with Crippen LogP contribution in [0.25, 0.3) is 0 Å². The zero-order valence-electron chi connectivity index (χ0n) is 10.8. The third-order valence-corrected chi connectivity index (χ3v) is 4.05. The number of hydrogen-bond donors (Lipinski definition) is 1. The molecule has 2 aromatic rings. The van der Waals surface area contributed by atoms with Gasteiger partial charge in [-0.15, -0.1) is 0 Å². The molecule has 0 aliphatic rings. The molecule has 3 nitrogen and oxygen atoms in total. The number of benzene rings is 1. The van der Waals surface area contributed by atoms with Crippen molar-refractivity contribution in [1.82, 2.24) is 9.55 Å². The van der Waals surface area contributed by atoms with Gasteiger partial charge in [-0.2, -0.15) is 0 Å². The van der Waals surface area contributed by atoms with Crippen LogP contribution in [0.4, 0.5) is 0 Å². The largest absolute Gasteiger partial charge is 0.334 e. The van der Waals surface area contributed by atoms with Crippen LogP contribution in [0.3, 0.4) is 0 Å². The highest BCUT2D eigenvalue weighted by molar-refractivity contribution is 6.42. The Kier molecular flexibility index (Phi) is 4.86. The summed E-state index contributed by atoms with van der Waals surface area (Å²) >= 11 is 11.9. The van der Waals surface area contributed by atoms with Crippen LogP contribution in [0.2, 0.25) is 10.0 Å². The van der Waals surface area contributed by atoms with Crippen LogP contribution in [-0.4, -0.2) is 9.55 Å². The van der Waals surface area contributed by atoms with Crippen LogP contribution in [0.15, 0.2) is 36.9 Å². The maximum atomic E-state index is 6.26. The van der Waals surface area contributed by atoms with E-state index < -0.39 is 0 Å². The first-order chi connectivity index (χ1) is 9.11. The Morgan fingerprint density at radius 1 is 1.32 bits per heavy atom. The monoisotopic (exact) mass is 297 g/mol. The van der Waals surface area contributed by atoms with Crippen LogP contribution < -0.4 is 5.73 Å². The van der Waals surface area contributed by atoms with Crippen LogP contribution in [-0.2, 0) is 0 Å². The fourth-order valence-electron chi connectivity index (χ4n) is 2.16. The molecule has 0 aliphatic carbocycles. The highest BCUT2D eigenvalue weighted by Gasteiger charge is 2.15. The molecule has 0 fully saturated rings. The van der Waals surface area contributed by atoms with Gasteiger partial charge in [-0.25, -0.2) is 4.98 Å². The maximum absolute atomic E-state index is 6.26. The van der Waals surface area contributed by atoms with E-state index in [9.17, 15) is 0 Å². The molecule has 0 saturated heterocycles. The third-order valence-electron chi connectivity index (χ3n) is 3.32. The van der Waals surface area contributed by atoms with Crippen molar-refractivity contribution in [3.05, 3.63) is 52.5 Å². The summed E-state index contributed by atoms with van der Waals surface area (Å²) in [4.78, 5) is 4.08. The molecule has 0 bridgehead atoms. The Labute approximate surface area is 123 Å². The first kappa shape index (κ1) is 14.4. The maximum Gasteiger partial charge on any atom is 0.0948 e. The second kappa shape index (κ2) is 6.42. The molecule has 0 aliphatic heterocycles. The molecule has 1 aromatic carbocycles. The van der Waals surface area contributed by atoms with E-state index in [1.54, 1.807) is 12.3 Å². The first-order valence-electron chi connectivity index (χ1n) is 6.29.